The maximum absolute atomic E-state index is 6.02. The molecule has 4 heteroatoms. The summed E-state index contributed by atoms with van der Waals surface area (Å²) in [6.45, 7) is 0.426. The van der Waals surface area contributed by atoms with Gasteiger partial charge in [0.25, 0.3) is 0 Å². The quantitative estimate of drug-likeness (QED) is 0.776. The topological polar surface area (TPSA) is 52.5 Å². The van der Waals surface area contributed by atoms with Gasteiger partial charge in [-0.15, -0.1) is 0 Å². The summed E-state index contributed by atoms with van der Waals surface area (Å²) in [5, 5.41) is 0. The molecule has 2 aromatic heterocycles. The summed E-state index contributed by atoms with van der Waals surface area (Å²) in [5.41, 5.74) is 7.76. The molecule has 0 saturated carbocycles. The van der Waals surface area contributed by atoms with E-state index in [1.807, 2.05) is 59.1 Å². The standard InChI is InChI=1S/C15H15N3O/c16-11-13(12-5-2-1-3-6-12)19-15-8-4-7-14-17-9-10-18(14)15/h1-10,13H,11,16H2/t13-/m1/s1. The van der Waals surface area contributed by atoms with Crippen LogP contribution < -0.4 is 10.5 Å². The van der Waals surface area contributed by atoms with Gasteiger partial charge in [-0.3, -0.25) is 4.40 Å². The molecule has 0 aliphatic heterocycles. The Hall–Kier alpha value is -2.33. The van der Waals surface area contributed by atoms with Crippen LogP contribution in [0.5, 0.6) is 5.88 Å². The van der Waals surface area contributed by atoms with E-state index in [2.05, 4.69) is 4.98 Å². The van der Waals surface area contributed by atoms with Crippen molar-refractivity contribution >= 4 is 5.65 Å². The average Bonchev–Trinajstić information content (AvgIpc) is 2.95. The Balaban J connectivity index is 1.93. The highest BCUT2D eigenvalue weighted by Crippen LogP contribution is 2.21. The van der Waals surface area contributed by atoms with Gasteiger partial charge in [-0.1, -0.05) is 36.4 Å². The molecule has 1 aromatic carbocycles. The van der Waals surface area contributed by atoms with Gasteiger partial charge in [-0.25, -0.2) is 4.98 Å². The first-order valence-corrected chi connectivity index (χ1v) is 6.22. The lowest BCUT2D eigenvalue weighted by molar-refractivity contribution is 0.203. The Morgan fingerprint density at radius 2 is 1.95 bits per heavy atom. The smallest absolute Gasteiger partial charge is 0.199 e. The number of aromatic nitrogens is 2. The minimum absolute atomic E-state index is 0.158. The molecular weight excluding hydrogens is 238 g/mol. The number of imidazole rings is 1. The molecule has 0 saturated heterocycles. The van der Waals surface area contributed by atoms with Crippen LogP contribution in [0.4, 0.5) is 0 Å². The lowest BCUT2D eigenvalue weighted by atomic mass is 10.1. The third kappa shape index (κ3) is 2.30. The minimum atomic E-state index is -0.158. The first-order chi connectivity index (χ1) is 9.38. The van der Waals surface area contributed by atoms with E-state index in [1.54, 1.807) is 6.20 Å². The van der Waals surface area contributed by atoms with Gasteiger partial charge < -0.3 is 10.5 Å². The zero-order valence-corrected chi connectivity index (χ0v) is 10.4. The minimum Gasteiger partial charge on any atom is -0.469 e. The zero-order valence-electron chi connectivity index (χ0n) is 10.4. The third-order valence-electron chi connectivity index (χ3n) is 3.04. The molecule has 0 aliphatic carbocycles. The summed E-state index contributed by atoms with van der Waals surface area (Å²) in [4.78, 5) is 4.24. The molecule has 96 valence electrons. The van der Waals surface area contributed by atoms with Gasteiger partial charge in [-0.2, -0.15) is 0 Å². The highest BCUT2D eigenvalue weighted by molar-refractivity contribution is 5.41. The number of nitrogens with zero attached hydrogens (tertiary/aromatic N) is 2. The van der Waals surface area contributed by atoms with Gasteiger partial charge in [-0.05, 0) is 17.7 Å². The van der Waals surface area contributed by atoms with Crippen molar-refractivity contribution in [3.63, 3.8) is 0 Å². The molecule has 0 fully saturated rings. The van der Waals surface area contributed by atoms with Crippen LogP contribution in [0.2, 0.25) is 0 Å². The monoisotopic (exact) mass is 253 g/mol. The predicted molar refractivity (Wildman–Crippen MR) is 74.1 cm³/mol. The van der Waals surface area contributed by atoms with Crippen LogP contribution in [0.3, 0.4) is 0 Å². The van der Waals surface area contributed by atoms with Crippen LogP contribution in [0.1, 0.15) is 11.7 Å². The molecule has 0 radical (unpaired) electrons. The first kappa shape index (κ1) is 11.7. The molecule has 2 heterocycles. The van der Waals surface area contributed by atoms with E-state index in [0.717, 1.165) is 17.1 Å². The van der Waals surface area contributed by atoms with Crippen LogP contribution in [-0.2, 0) is 0 Å². The van der Waals surface area contributed by atoms with Crippen molar-refractivity contribution < 1.29 is 4.74 Å². The van der Waals surface area contributed by atoms with Gasteiger partial charge in [0.05, 0.1) is 0 Å². The van der Waals surface area contributed by atoms with Crippen LogP contribution >= 0.6 is 0 Å². The van der Waals surface area contributed by atoms with E-state index >= 15 is 0 Å². The summed E-state index contributed by atoms with van der Waals surface area (Å²) in [6.07, 6.45) is 3.47. The first-order valence-electron chi connectivity index (χ1n) is 6.22. The Morgan fingerprint density at radius 3 is 2.74 bits per heavy atom. The molecule has 4 nitrogen and oxygen atoms in total. The maximum atomic E-state index is 6.02. The fourth-order valence-corrected chi connectivity index (χ4v) is 2.08. The maximum Gasteiger partial charge on any atom is 0.199 e. The van der Waals surface area contributed by atoms with Crippen LogP contribution in [-0.4, -0.2) is 15.9 Å². The lowest BCUT2D eigenvalue weighted by Crippen LogP contribution is -2.19. The van der Waals surface area contributed by atoms with Crippen molar-refractivity contribution in [2.45, 2.75) is 6.10 Å². The van der Waals surface area contributed by atoms with Gasteiger partial charge >= 0.3 is 0 Å². The number of nitrogens with two attached hydrogens (primary N) is 1. The molecule has 0 aliphatic rings. The summed E-state index contributed by atoms with van der Waals surface area (Å²) < 4.78 is 7.93. The van der Waals surface area contributed by atoms with E-state index in [4.69, 9.17) is 10.5 Å². The van der Waals surface area contributed by atoms with Crippen LogP contribution in [0.25, 0.3) is 5.65 Å². The van der Waals surface area contributed by atoms with Crippen LogP contribution in [0.15, 0.2) is 60.9 Å². The molecule has 0 spiro atoms. The molecule has 0 amide bonds. The second kappa shape index (κ2) is 5.12. The molecule has 1 atom stereocenters. The van der Waals surface area contributed by atoms with E-state index in [-0.39, 0.29) is 6.10 Å². The van der Waals surface area contributed by atoms with E-state index in [9.17, 15) is 0 Å². The van der Waals surface area contributed by atoms with Gasteiger partial charge in [0.15, 0.2) is 5.88 Å². The summed E-state index contributed by atoms with van der Waals surface area (Å²) in [6, 6.07) is 15.8. The number of benzene rings is 1. The van der Waals surface area contributed by atoms with Gasteiger partial charge in [0.2, 0.25) is 0 Å². The number of hydrogen-bond donors (Lipinski definition) is 1. The summed E-state index contributed by atoms with van der Waals surface area (Å²) in [5.74, 6) is 0.745. The molecule has 2 N–H and O–H groups in total. The van der Waals surface area contributed by atoms with Gasteiger partial charge in [0.1, 0.15) is 11.8 Å². The van der Waals surface area contributed by atoms with E-state index < -0.39 is 0 Å². The van der Waals surface area contributed by atoms with Crippen molar-refractivity contribution in [1.29, 1.82) is 0 Å². The normalized spacial score (nSPS) is 12.5. The largest absolute Gasteiger partial charge is 0.469 e. The Kier molecular flexibility index (Phi) is 3.16. The molecular formula is C15H15N3O. The third-order valence-corrected chi connectivity index (χ3v) is 3.04. The van der Waals surface area contributed by atoms with E-state index in [0.29, 0.717) is 6.54 Å². The van der Waals surface area contributed by atoms with Crippen molar-refractivity contribution in [3.05, 3.63) is 66.5 Å². The van der Waals surface area contributed by atoms with Gasteiger partial charge in [0, 0.05) is 18.9 Å². The predicted octanol–water partition coefficient (Wildman–Crippen LogP) is 2.41. The molecule has 19 heavy (non-hydrogen) atoms. The SMILES string of the molecule is NC[C@@H](Oc1cccc2nccn12)c1ccccc1. The zero-order chi connectivity index (χ0) is 13.1. The highest BCUT2D eigenvalue weighted by Gasteiger charge is 2.12. The Morgan fingerprint density at radius 1 is 1.11 bits per heavy atom. The number of rotatable bonds is 4. The fraction of sp³-hybridized carbons (Fsp3) is 0.133. The lowest BCUT2D eigenvalue weighted by Gasteiger charge is -2.18. The van der Waals surface area contributed by atoms with Crippen molar-refractivity contribution in [1.82, 2.24) is 9.38 Å². The number of hydrogen-bond acceptors (Lipinski definition) is 3. The van der Waals surface area contributed by atoms with Crippen molar-refractivity contribution in [3.8, 4) is 5.88 Å². The number of ether oxygens (including phenoxy) is 1. The Labute approximate surface area is 111 Å². The van der Waals surface area contributed by atoms with Crippen molar-refractivity contribution in [2.75, 3.05) is 6.54 Å². The summed E-state index contributed by atoms with van der Waals surface area (Å²) in [7, 11) is 0. The highest BCUT2D eigenvalue weighted by atomic mass is 16.5. The Bertz CT molecular complexity index is 663. The molecule has 0 unspecified atom stereocenters. The second-order valence-corrected chi connectivity index (χ2v) is 4.27. The summed E-state index contributed by atoms with van der Waals surface area (Å²) >= 11 is 0. The molecule has 3 rings (SSSR count). The number of fused-ring (bicyclic) bond motifs is 1. The van der Waals surface area contributed by atoms with E-state index in [1.165, 1.54) is 0 Å². The van der Waals surface area contributed by atoms with Crippen molar-refractivity contribution in [2.24, 2.45) is 5.73 Å². The van der Waals surface area contributed by atoms with Crippen LogP contribution in [0, 0.1) is 0 Å². The second-order valence-electron chi connectivity index (χ2n) is 4.27. The number of pyridine rings is 1. The molecule has 0 bridgehead atoms. The fourth-order valence-electron chi connectivity index (χ4n) is 2.08. The molecule has 3 aromatic rings. The average molecular weight is 253 g/mol.